The van der Waals surface area contributed by atoms with Crippen molar-refractivity contribution in [1.29, 1.82) is 0 Å². The van der Waals surface area contributed by atoms with Crippen LogP contribution in [0.25, 0.3) is 0 Å². The number of hydrogen-bond acceptors (Lipinski definition) is 6. The highest BCUT2D eigenvalue weighted by Gasteiger charge is 2.29. The SMILES string of the molecule is CC1(C)CC(Nc2nc(NN)ncc2Cl)CCO1. The smallest absolute Gasteiger partial charge is 0.239 e. The number of hydrazine groups is 1. The first-order chi connectivity index (χ1) is 8.50. The lowest BCUT2D eigenvalue weighted by molar-refractivity contribution is -0.0553. The maximum atomic E-state index is 6.06. The van der Waals surface area contributed by atoms with E-state index in [0.717, 1.165) is 19.4 Å². The van der Waals surface area contributed by atoms with Gasteiger partial charge in [0.1, 0.15) is 5.02 Å². The monoisotopic (exact) mass is 271 g/mol. The van der Waals surface area contributed by atoms with Gasteiger partial charge in [0.2, 0.25) is 5.95 Å². The number of nitrogens with two attached hydrogens (primary N) is 1. The summed E-state index contributed by atoms with van der Waals surface area (Å²) in [6.07, 6.45) is 3.35. The lowest BCUT2D eigenvalue weighted by Gasteiger charge is -2.36. The Morgan fingerprint density at radius 1 is 1.56 bits per heavy atom. The molecule has 0 saturated carbocycles. The maximum absolute atomic E-state index is 6.06. The Bertz CT molecular complexity index is 426. The summed E-state index contributed by atoms with van der Waals surface area (Å²) in [6, 6.07) is 0.284. The standard InChI is InChI=1S/C11H18ClN5O/c1-11(2)5-7(3-4-18-11)15-9-8(12)6-14-10(16-9)17-13/h6-7H,3-5,13H2,1-2H3,(H2,14,15,16,17). The molecular weight excluding hydrogens is 254 g/mol. The molecule has 100 valence electrons. The van der Waals surface area contributed by atoms with E-state index >= 15 is 0 Å². The third-order valence-electron chi connectivity index (χ3n) is 2.91. The molecule has 18 heavy (non-hydrogen) atoms. The fourth-order valence-electron chi connectivity index (χ4n) is 2.09. The zero-order chi connectivity index (χ0) is 13.2. The number of nitrogens with zero attached hydrogens (tertiary/aromatic N) is 2. The molecule has 1 unspecified atom stereocenters. The minimum atomic E-state index is -0.121. The second kappa shape index (κ2) is 5.26. The fourth-order valence-corrected chi connectivity index (χ4v) is 2.23. The summed E-state index contributed by atoms with van der Waals surface area (Å²) in [7, 11) is 0. The van der Waals surface area contributed by atoms with Crippen molar-refractivity contribution in [3.8, 4) is 0 Å². The van der Waals surface area contributed by atoms with Crippen molar-refractivity contribution in [1.82, 2.24) is 9.97 Å². The number of halogens is 1. The van der Waals surface area contributed by atoms with Gasteiger partial charge in [0.25, 0.3) is 0 Å². The van der Waals surface area contributed by atoms with E-state index in [1.54, 1.807) is 0 Å². The number of nitrogens with one attached hydrogen (secondary N) is 2. The van der Waals surface area contributed by atoms with Crippen molar-refractivity contribution >= 4 is 23.4 Å². The largest absolute Gasteiger partial charge is 0.375 e. The van der Waals surface area contributed by atoms with Crippen LogP contribution in [0.3, 0.4) is 0 Å². The zero-order valence-electron chi connectivity index (χ0n) is 10.5. The average Bonchev–Trinajstić information content (AvgIpc) is 2.31. The van der Waals surface area contributed by atoms with E-state index in [0.29, 0.717) is 16.8 Å². The Balaban J connectivity index is 2.09. The maximum Gasteiger partial charge on any atom is 0.239 e. The number of rotatable bonds is 3. The van der Waals surface area contributed by atoms with Crippen LogP contribution in [-0.4, -0.2) is 28.2 Å². The fraction of sp³-hybridized carbons (Fsp3) is 0.636. The highest BCUT2D eigenvalue weighted by molar-refractivity contribution is 6.32. The molecule has 0 aromatic carbocycles. The molecule has 0 radical (unpaired) electrons. The molecule has 0 bridgehead atoms. The highest BCUT2D eigenvalue weighted by atomic mass is 35.5. The molecule has 1 aromatic heterocycles. The summed E-state index contributed by atoms with van der Waals surface area (Å²) >= 11 is 6.06. The molecule has 1 aliphatic heterocycles. The molecule has 1 saturated heterocycles. The summed E-state index contributed by atoms with van der Waals surface area (Å²) in [6.45, 7) is 4.89. The molecular formula is C11H18ClN5O. The van der Waals surface area contributed by atoms with Gasteiger partial charge in [0.05, 0.1) is 11.8 Å². The Kier molecular flexibility index (Phi) is 3.89. The Morgan fingerprint density at radius 2 is 2.33 bits per heavy atom. The van der Waals surface area contributed by atoms with Gasteiger partial charge < -0.3 is 10.1 Å². The first kappa shape index (κ1) is 13.3. The molecule has 1 atom stereocenters. The van der Waals surface area contributed by atoms with Gasteiger partial charge >= 0.3 is 0 Å². The van der Waals surface area contributed by atoms with Crippen LogP contribution in [0.1, 0.15) is 26.7 Å². The number of aromatic nitrogens is 2. The van der Waals surface area contributed by atoms with Gasteiger partial charge in [-0.1, -0.05) is 11.6 Å². The molecule has 1 aliphatic rings. The van der Waals surface area contributed by atoms with Crippen LogP contribution in [0, 0.1) is 0 Å². The predicted octanol–water partition coefficient (Wildman–Crippen LogP) is 1.79. The van der Waals surface area contributed by atoms with Gasteiger partial charge in [-0.3, -0.25) is 5.43 Å². The van der Waals surface area contributed by atoms with Crippen LogP contribution in [-0.2, 0) is 4.74 Å². The zero-order valence-corrected chi connectivity index (χ0v) is 11.3. The lowest BCUT2D eigenvalue weighted by Crippen LogP contribution is -2.40. The van der Waals surface area contributed by atoms with Crippen LogP contribution < -0.4 is 16.6 Å². The van der Waals surface area contributed by atoms with Crippen LogP contribution in [0.15, 0.2) is 6.20 Å². The Labute approximate surface area is 111 Å². The minimum Gasteiger partial charge on any atom is -0.375 e. The lowest BCUT2D eigenvalue weighted by atomic mass is 9.94. The number of hydrogen-bond donors (Lipinski definition) is 3. The molecule has 0 amide bonds. The van der Waals surface area contributed by atoms with Crippen LogP contribution in [0.2, 0.25) is 5.02 Å². The van der Waals surface area contributed by atoms with Crippen molar-refractivity contribution in [3.63, 3.8) is 0 Å². The van der Waals surface area contributed by atoms with Crippen molar-refractivity contribution in [3.05, 3.63) is 11.2 Å². The Morgan fingerprint density at radius 3 is 3.00 bits per heavy atom. The summed E-state index contributed by atoms with van der Waals surface area (Å²) in [5.74, 6) is 6.22. The number of nitrogen functional groups attached to an aromatic ring is 1. The van der Waals surface area contributed by atoms with Crippen molar-refractivity contribution < 1.29 is 4.74 Å². The highest BCUT2D eigenvalue weighted by Crippen LogP contribution is 2.28. The topological polar surface area (TPSA) is 85.1 Å². The summed E-state index contributed by atoms with van der Waals surface area (Å²) in [5, 5.41) is 3.81. The van der Waals surface area contributed by atoms with Crippen molar-refractivity contribution in [2.75, 3.05) is 17.3 Å². The molecule has 1 aromatic rings. The molecule has 6 nitrogen and oxygen atoms in total. The Hall–Kier alpha value is -1.11. The van der Waals surface area contributed by atoms with Crippen LogP contribution in [0.4, 0.5) is 11.8 Å². The van der Waals surface area contributed by atoms with Gasteiger partial charge in [-0.2, -0.15) is 4.98 Å². The molecule has 0 aliphatic carbocycles. The van der Waals surface area contributed by atoms with E-state index < -0.39 is 0 Å². The number of anilines is 2. The van der Waals surface area contributed by atoms with Gasteiger partial charge in [-0.05, 0) is 26.7 Å². The number of ether oxygens (including phenoxy) is 1. The second-order valence-electron chi connectivity index (χ2n) is 4.98. The van der Waals surface area contributed by atoms with Crippen LogP contribution >= 0.6 is 11.6 Å². The van der Waals surface area contributed by atoms with E-state index in [9.17, 15) is 0 Å². The minimum absolute atomic E-state index is 0.121. The van der Waals surface area contributed by atoms with Gasteiger partial charge in [-0.25, -0.2) is 10.8 Å². The quantitative estimate of drug-likeness (QED) is 0.574. The third kappa shape index (κ3) is 3.22. The summed E-state index contributed by atoms with van der Waals surface area (Å²) < 4.78 is 5.67. The molecule has 7 heteroatoms. The first-order valence-electron chi connectivity index (χ1n) is 5.90. The van der Waals surface area contributed by atoms with E-state index in [1.807, 2.05) is 0 Å². The van der Waals surface area contributed by atoms with E-state index in [4.69, 9.17) is 22.2 Å². The van der Waals surface area contributed by atoms with Gasteiger partial charge in [-0.15, -0.1) is 0 Å². The predicted molar refractivity (Wildman–Crippen MR) is 71.5 cm³/mol. The summed E-state index contributed by atoms with van der Waals surface area (Å²) in [5.41, 5.74) is 2.28. The molecule has 4 N–H and O–H groups in total. The third-order valence-corrected chi connectivity index (χ3v) is 3.19. The van der Waals surface area contributed by atoms with E-state index in [-0.39, 0.29) is 11.6 Å². The van der Waals surface area contributed by atoms with Gasteiger partial charge in [0.15, 0.2) is 5.82 Å². The average molecular weight is 272 g/mol. The van der Waals surface area contributed by atoms with Crippen molar-refractivity contribution in [2.24, 2.45) is 5.84 Å². The van der Waals surface area contributed by atoms with E-state index in [1.165, 1.54) is 6.20 Å². The summed E-state index contributed by atoms with van der Waals surface area (Å²) in [4.78, 5) is 8.14. The normalized spacial score (nSPS) is 22.6. The van der Waals surface area contributed by atoms with E-state index in [2.05, 4.69) is 34.6 Å². The van der Waals surface area contributed by atoms with Gasteiger partial charge in [0, 0.05) is 12.6 Å². The van der Waals surface area contributed by atoms with Crippen LogP contribution in [0.5, 0.6) is 0 Å². The molecule has 2 heterocycles. The molecule has 2 rings (SSSR count). The molecule has 0 spiro atoms. The van der Waals surface area contributed by atoms with Crippen molar-refractivity contribution in [2.45, 2.75) is 38.3 Å². The molecule has 1 fully saturated rings. The first-order valence-corrected chi connectivity index (χ1v) is 6.27. The second-order valence-corrected chi connectivity index (χ2v) is 5.38.